The zero-order valence-electron chi connectivity index (χ0n) is 14.2. The second-order valence-electron chi connectivity index (χ2n) is 5.53. The van der Waals surface area contributed by atoms with Crippen molar-refractivity contribution in [2.75, 3.05) is 11.1 Å². The normalized spacial score (nSPS) is 11.6. The van der Waals surface area contributed by atoms with E-state index in [4.69, 9.17) is 11.6 Å². The maximum atomic E-state index is 12.1. The van der Waals surface area contributed by atoms with Gasteiger partial charge >= 0.3 is 0 Å². The van der Waals surface area contributed by atoms with Crippen LogP contribution in [0.3, 0.4) is 0 Å². The first-order valence-corrected chi connectivity index (χ1v) is 9.42. The molecule has 0 bridgehead atoms. The van der Waals surface area contributed by atoms with Crippen LogP contribution in [0.2, 0.25) is 5.02 Å². The Morgan fingerprint density at radius 2 is 1.76 bits per heavy atom. The third kappa shape index (κ3) is 6.11. The van der Waals surface area contributed by atoms with E-state index in [9.17, 15) is 9.59 Å². The van der Waals surface area contributed by atoms with Gasteiger partial charge in [-0.15, -0.1) is 11.8 Å². The highest BCUT2D eigenvalue weighted by molar-refractivity contribution is 8.00. The van der Waals surface area contributed by atoms with E-state index in [1.807, 2.05) is 62.4 Å². The second-order valence-corrected chi connectivity index (χ2v) is 6.96. The number of halogens is 1. The molecule has 0 radical (unpaired) electrons. The molecule has 2 rings (SSSR count). The topological polar surface area (TPSA) is 58.2 Å². The lowest BCUT2D eigenvalue weighted by molar-refractivity contribution is -0.119. The number of thioether (sulfide) groups is 1. The summed E-state index contributed by atoms with van der Waals surface area (Å²) in [6.45, 7) is 3.74. The van der Waals surface area contributed by atoms with Gasteiger partial charge in [0.2, 0.25) is 11.8 Å². The fourth-order valence-corrected chi connectivity index (χ4v) is 3.23. The highest BCUT2D eigenvalue weighted by Gasteiger charge is 2.11. The van der Waals surface area contributed by atoms with Gasteiger partial charge in [0.1, 0.15) is 0 Å². The van der Waals surface area contributed by atoms with Crippen LogP contribution in [0.25, 0.3) is 0 Å². The van der Waals surface area contributed by atoms with Crippen LogP contribution in [0.15, 0.2) is 53.4 Å². The van der Waals surface area contributed by atoms with Gasteiger partial charge in [-0.3, -0.25) is 9.59 Å². The molecule has 0 saturated carbocycles. The maximum absolute atomic E-state index is 12.1. The Morgan fingerprint density at radius 3 is 2.40 bits per heavy atom. The number of hydrogen-bond donors (Lipinski definition) is 2. The molecule has 1 unspecified atom stereocenters. The Kier molecular flexibility index (Phi) is 7.34. The summed E-state index contributed by atoms with van der Waals surface area (Å²) < 4.78 is 0. The molecule has 1 atom stereocenters. The predicted octanol–water partition coefficient (Wildman–Crippen LogP) is 4.66. The zero-order chi connectivity index (χ0) is 18.2. The third-order valence-electron chi connectivity index (χ3n) is 3.59. The number of rotatable bonds is 7. The summed E-state index contributed by atoms with van der Waals surface area (Å²) in [5, 5.41) is 6.42. The quantitative estimate of drug-likeness (QED) is 0.691. The van der Waals surface area contributed by atoms with E-state index >= 15 is 0 Å². The van der Waals surface area contributed by atoms with E-state index in [-0.39, 0.29) is 17.9 Å². The van der Waals surface area contributed by atoms with Gasteiger partial charge in [-0.25, -0.2) is 0 Å². The molecule has 2 amide bonds. The molecule has 6 heteroatoms. The molecule has 132 valence electrons. The molecule has 2 aromatic carbocycles. The number of nitrogens with one attached hydrogen (secondary N) is 2. The molecule has 25 heavy (non-hydrogen) atoms. The van der Waals surface area contributed by atoms with Gasteiger partial charge < -0.3 is 10.6 Å². The van der Waals surface area contributed by atoms with E-state index < -0.39 is 0 Å². The number of hydrogen-bond acceptors (Lipinski definition) is 3. The fraction of sp³-hybridized carbons (Fsp3) is 0.263. The molecule has 0 aromatic heterocycles. The van der Waals surface area contributed by atoms with E-state index in [1.54, 1.807) is 0 Å². The van der Waals surface area contributed by atoms with E-state index in [0.717, 1.165) is 16.1 Å². The first kappa shape index (κ1) is 19.3. The summed E-state index contributed by atoms with van der Waals surface area (Å²) >= 11 is 7.50. The Labute approximate surface area is 157 Å². The van der Waals surface area contributed by atoms with Crippen molar-refractivity contribution >= 4 is 40.9 Å². The minimum absolute atomic E-state index is 0.0225. The average Bonchev–Trinajstić information content (AvgIpc) is 2.61. The molecule has 0 aliphatic heterocycles. The van der Waals surface area contributed by atoms with Gasteiger partial charge in [0, 0.05) is 17.0 Å². The molecule has 4 nitrogen and oxygen atoms in total. The summed E-state index contributed by atoms with van der Waals surface area (Å²) in [7, 11) is 0. The third-order valence-corrected chi connectivity index (χ3v) is 5.10. The van der Waals surface area contributed by atoms with Crippen molar-refractivity contribution in [1.29, 1.82) is 0 Å². The maximum Gasteiger partial charge on any atom is 0.230 e. The lowest BCUT2D eigenvalue weighted by Crippen LogP contribution is -2.28. The summed E-state index contributed by atoms with van der Waals surface area (Å²) in [5.41, 5.74) is 1.73. The average molecular weight is 377 g/mol. The summed E-state index contributed by atoms with van der Waals surface area (Å²) in [4.78, 5) is 24.4. The monoisotopic (exact) mass is 376 g/mol. The van der Waals surface area contributed by atoms with Gasteiger partial charge in [-0.1, -0.05) is 42.8 Å². The van der Waals surface area contributed by atoms with Gasteiger partial charge in [0.15, 0.2) is 0 Å². The van der Waals surface area contributed by atoms with Gasteiger partial charge in [-0.05, 0) is 36.8 Å². The lowest BCUT2D eigenvalue weighted by Gasteiger charge is -2.15. The summed E-state index contributed by atoms with van der Waals surface area (Å²) in [5.74, 6) is 0.227. The number of carbonyl (C=O) groups excluding carboxylic acids is 2. The van der Waals surface area contributed by atoms with Crippen LogP contribution >= 0.6 is 23.4 Å². The van der Waals surface area contributed by atoms with Crippen LogP contribution in [0, 0.1) is 0 Å². The first-order chi connectivity index (χ1) is 12.0. The number of carbonyl (C=O) groups is 2. The van der Waals surface area contributed by atoms with E-state index in [1.165, 1.54) is 11.8 Å². The van der Waals surface area contributed by atoms with Crippen LogP contribution < -0.4 is 10.6 Å². The SMILES string of the molecule is CCC(=O)Nc1ccc(C(C)NC(=O)CSc2ccccc2Cl)cc1. The number of benzene rings is 2. The molecular formula is C19H21ClN2O2S. The van der Waals surface area contributed by atoms with Crippen LogP contribution in [-0.4, -0.2) is 17.6 Å². The Hall–Kier alpha value is -1.98. The van der Waals surface area contributed by atoms with Crippen molar-refractivity contribution in [3.8, 4) is 0 Å². The van der Waals surface area contributed by atoms with Crippen LogP contribution in [0.1, 0.15) is 31.9 Å². The van der Waals surface area contributed by atoms with Crippen molar-refractivity contribution in [2.24, 2.45) is 0 Å². The molecule has 2 aromatic rings. The second kappa shape index (κ2) is 9.49. The predicted molar refractivity (Wildman–Crippen MR) is 104 cm³/mol. The standard InChI is InChI=1S/C19H21ClN2O2S/c1-3-18(23)22-15-10-8-14(9-11-15)13(2)21-19(24)12-25-17-7-5-4-6-16(17)20/h4-11,13H,3,12H2,1-2H3,(H,21,24)(H,22,23). The fourth-order valence-electron chi connectivity index (χ4n) is 2.18. The minimum atomic E-state index is -0.115. The molecule has 0 spiro atoms. The Morgan fingerprint density at radius 1 is 1.08 bits per heavy atom. The molecule has 0 aliphatic rings. The van der Waals surface area contributed by atoms with Gasteiger partial charge in [0.05, 0.1) is 16.8 Å². The van der Waals surface area contributed by atoms with Crippen molar-refractivity contribution < 1.29 is 9.59 Å². The molecule has 0 fully saturated rings. The highest BCUT2D eigenvalue weighted by Crippen LogP contribution is 2.26. The highest BCUT2D eigenvalue weighted by atomic mass is 35.5. The van der Waals surface area contributed by atoms with E-state index in [0.29, 0.717) is 17.2 Å². The first-order valence-electron chi connectivity index (χ1n) is 8.06. The smallest absolute Gasteiger partial charge is 0.230 e. The summed E-state index contributed by atoms with van der Waals surface area (Å²) in [6, 6.07) is 14.8. The lowest BCUT2D eigenvalue weighted by atomic mass is 10.1. The number of amides is 2. The van der Waals surface area contributed by atoms with Gasteiger partial charge in [-0.2, -0.15) is 0 Å². The Bertz CT molecular complexity index is 734. The molecular weight excluding hydrogens is 356 g/mol. The Balaban J connectivity index is 1.86. The van der Waals surface area contributed by atoms with Crippen LogP contribution in [0.5, 0.6) is 0 Å². The van der Waals surface area contributed by atoms with Crippen molar-refractivity contribution in [3.63, 3.8) is 0 Å². The largest absolute Gasteiger partial charge is 0.349 e. The van der Waals surface area contributed by atoms with Crippen molar-refractivity contribution in [1.82, 2.24) is 5.32 Å². The molecule has 0 saturated heterocycles. The van der Waals surface area contributed by atoms with Crippen LogP contribution in [0.4, 0.5) is 5.69 Å². The molecule has 0 aliphatic carbocycles. The molecule has 0 heterocycles. The van der Waals surface area contributed by atoms with Crippen molar-refractivity contribution in [3.05, 3.63) is 59.1 Å². The van der Waals surface area contributed by atoms with Crippen LogP contribution in [-0.2, 0) is 9.59 Å². The summed E-state index contributed by atoms with van der Waals surface area (Å²) in [6.07, 6.45) is 0.442. The number of anilines is 1. The van der Waals surface area contributed by atoms with Crippen molar-refractivity contribution in [2.45, 2.75) is 31.2 Å². The zero-order valence-corrected chi connectivity index (χ0v) is 15.8. The van der Waals surface area contributed by atoms with Gasteiger partial charge in [0.25, 0.3) is 0 Å². The van der Waals surface area contributed by atoms with E-state index in [2.05, 4.69) is 10.6 Å². The minimum Gasteiger partial charge on any atom is -0.349 e. The molecule has 2 N–H and O–H groups in total.